The van der Waals surface area contributed by atoms with Gasteiger partial charge in [-0.2, -0.15) is 0 Å². The fraction of sp³-hybridized carbons (Fsp3) is 0.952. The van der Waals surface area contributed by atoms with E-state index in [-0.39, 0.29) is 11.8 Å². The molecule has 6 N–H and O–H groups in total. The van der Waals surface area contributed by atoms with Crippen LogP contribution in [0, 0.1) is 0 Å². The first-order valence-electron chi connectivity index (χ1n) is 21.6. The van der Waals surface area contributed by atoms with Gasteiger partial charge in [0.05, 0.1) is 24.4 Å². The Morgan fingerprint density at radius 1 is 0.360 bits per heavy atom. The third-order valence-corrected chi connectivity index (χ3v) is 10.2. The summed E-state index contributed by atoms with van der Waals surface area (Å²) < 4.78 is 0. The number of nitrogens with one attached hydrogen (secondary N) is 2. The lowest BCUT2D eigenvalue weighted by atomic mass is 9.99. The van der Waals surface area contributed by atoms with Crippen molar-refractivity contribution in [3.63, 3.8) is 0 Å². The largest absolute Gasteiger partial charge is 0.390 e. The second-order valence-electron chi connectivity index (χ2n) is 15.1. The summed E-state index contributed by atoms with van der Waals surface area (Å²) in [6.45, 7) is 5.84. The third kappa shape index (κ3) is 33.9. The van der Waals surface area contributed by atoms with E-state index in [1.54, 1.807) is 0 Å². The van der Waals surface area contributed by atoms with E-state index in [1.165, 1.54) is 51.4 Å². The minimum Gasteiger partial charge on any atom is -0.390 e. The zero-order chi connectivity index (χ0) is 36.9. The summed E-state index contributed by atoms with van der Waals surface area (Å²) in [4.78, 5) is 24.2. The van der Waals surface area contributed by atoms with Crippen LogP contribution in [-0.2, 0) is 9.59 Å². The molecule has 0 saturated heterocycles. The van der Waals surface area contributed by atoms with Gasteiger partial charge in [0.1, 0.15) is 0 Å². The molecule has 0 bridgehead atoms. The van der Waals surface area contributed by atoms with Crippen molar-refractivity contribution in [2.75, 3.05) is 13.1 Å². The number of amides is 2. The van der Waals surface area contributed by atoms with E-state index in [2.05, 4.69) is 24.5 Å². The van der Waals surface area contributed by atoms with Crippen LogP contribution in [0.15, 0.2) is 0 Å². The van der Waals surface area contributed by atoms with E-state index in [9.17, 15) is 30.0 Å². The van der Waals surface area contributed by atoms with Crippen molar-refractivity contribution in [1.82, 2.24) is 10.6 Å². The summed E-state index contributed by atoms with van der Waals surface area (Å²) in [5.74, 6) is 0.251. The second-order valence-corrected chi connectivity index (χ2v) is 15.1. The number of rotatable bonds is 39. The third-order valence-electron chi connectivity index (χ3n) is 10.2. The number of hydrogen-bond donors (Lipinski definition) is 6. The summed E-state index contributed by atoms with van der Waals surface area (Å²) in [6, 6.07) is 0. The SMILES string of the molecule is CCCCCCCCC(O)C(O)CCCCCCCC(=O)NCCCCCCNC(=O)CCCCCCCC(O)C(O)CCCCCCCC. The highest BCUT2D eigenvalue weighted by Crippen LogP contribution is 2.17. The molecule has 8 nitrogen and oxygen atoms in total. The Bertz CT molecular complexity index is 679. The highest BCUT2D eigenvalue weighted by atomic mass is 16.3. The van der Waals surface area contributed by atoms with E-state index in [4.69, 9.17) is 0 Å². The van der Waals surface area contributed by atoms with Crippen LogP contribution in [-0.4, -0.2) is 69.7 Å². The fourth-order valence-corrected chi connectivity index (χ4v) is 6.61. The van der Waals surface area contributed by atoms with E-state index in [1.807, 2.05) is 0 Å². The summed E-state index contributed by atoms with van der Waals surface area (Å²) >= 11 is 0. The van der Waals surface area contributed by atoms with E-state index >= 15 is 0 Å². The van der Waals surface area contributed by atoms with Gasteiger partial charge in [-0.25, -0.2) is 0 Å². The van der Waals surface area contributed by atoms with Crippen LogP contribution >= 0.6 is 0 Å². The van der Waals surface area contributed by atoms with Gasteiger partial charge in [0.15, 0.2) is 0 Å². The Morgan fingerprint density at radius 2 is 0.600 bits per heavy atom. The molecule has 0 aliphatic heterocycles. The van der Waals surface area contributed by atoms with Crippen LogP contribution in [0.1, 0.15) is 219 Å². The van der Waals surface area contributed by atoms with Crippen molar-refractivity contribution in [1.29, 1.82) is 0 Å². The minimum atomic E-state index is -0.610. The van der Waals surface area contributed by atoms with Crippen molar-refractivity contribution < 1.29 is 30.0 Å². The molecule has 0 aromatic rings. The molecule has 0 aliphatic carbocycles. The van der Waals surface area contributed by atoms with Crippen LogP contribution < -0.4 is 10.6 Å². The van der Waals surface area contributed by atoms with Gasteiger partial charge >= 0.3 is 0 Å². The summed E-state index contributed by atoms with van der Waals surface area (Å²) in [5.41, 5.74) is 0. The first-order chi connectivity index (χ1) is 24.3. The van der Waals surface area contributed by atoms with Crippen LogP contribution in [0.25, 0.3) is 0 Å². The molecule has 0 aliphatic rings. The van der Waals surface area contributed by atoms with E-state index in [0.29, 0.717) is 51.6 Å². The zero-order valence-electron chi connectivity index (χ0n) is 33.0. The first kappa shape index (κ1) is 48.8. The van der Waals surface area contributed by atoms with Gasteiger partial charge in [-0.1, -0.05) is 155 Å². The molecule has 2 amide bonds. The molecule has 0 aromatic heterocycles. The van der Waals surface area contributed by atoms with E-state index in [0.717, 1.165) is 116 Å². The predicted octanol–water partition coefficient (Wildman–Crippen LogP) is 9.19. The summed E-state index contributed by atoms with van der Waals surface area (Å²) in [5, 5.41) is 46.8. The van der Waals surface area contributed by atoms with Crippen LogP contribution in [0.4, 0.5) is 0 Å². The molecule has 0 rings (SSSR count). The predicted molar refractivity (Wildman–Crippen MR) is 209 cm³/mol. The minimum absolute atomic E-state index is 0.126. The summed E-state index contributed by atoms with van der Waals surface area (Å²) in [6.07, 6.45) is 29.6. The molecular weight excluding hydrogens is 628 g/mol. The molecule has 0 aromatic carbocycles. The lowest BCUT2D eigenvalue weighted by Crippen LogP contribution is -2.25. The Hall–Kier alpha value is -1.22. The second kappa shape index (κ2) is 37.5. The van der Waals surface area contributed by atoms with Gasteiger partial charge < -0.3 is 31.1 Å². The number of hydrogen-bond acceptors (Lipinski definition) is 6. The number of unbranched alkanes of at least 4 members (excludes halogenated alkanes) is 21. The van der Waals surface area contributed by atoms with Gasteiger partial charge in [-0.3, -0.25) is 9.59 Å². The quantitative estimate of drug-likeness (QED) is 0.0352. The maximum absolute atomic E-state index is 12.1. The zero-order valence-corrected chi connectivity index (χ0v) is 33.0. The lowest BCUT2D eigenvalue weighted by molar-refractivity contribution is -0.122. The van der Waals surface area contributed by atoms with Crippen molar-refractivity contribution in [3.05, 3.63) is 0 Å². The highest BCUT2D eigenvalue weighted by molar-refractivity contribution is 5.76. The van der Waals surface area contributed by atoms with Gasteiger partial charge in [0, 0.05) is 25.9 Å². The van der Waals surface area contributed by atoms with Crippen LogP contribution in [0.5, 0.6) is 0 Å². The van der Waals surface area contributed by atoms with Gasteiger partial charge in [-0.05, 0) is 51.4 Å². The van der Waals surface area contributed by atoms with Crippen LogP contribution in [0.2, 0.25) is 0 Å². The maximum atomic E-state index is 12.1. The Kier molecular flexibility index (Phi) is 36.6. The number of carbonyl (C=O) groups excluding carboxylic acids is 2. The maximum Gasteiger partial charge on any atom is 0.219 e. The number of carbonyl (C=O) groups is 2. The van der Waals surface area contributed by atoms with Crippen molar-refractivity contribution in [2.24, 2.45) is 0 Å². The molecule has 4 atom stereocenters. The molecule has 8 heteroatoms. The fourth-order valence-electron chi connectivity index (χ4n) is 6.61. The average molecular weight is 713 g/mol. The molecule has 0 fully saturated rings. The van der Waals surface area contributed by atoms with Crippen molar-refractivity contribution >= 4 is 11.8 Å². The Balaban J connectivity index is 3.47. The molecule has 0 spiro atoms. The number of aliphatic hydroxyl groups is 4. The van der Waals surface area contributed by atoms with Gasteiger partial charge in [0.2, 0.25) is 11.8 Å². The van der Waals surface area contributed by atoms with Gasteiger partial charge in [0.25, 0.3) is 0 Å². The smallest absolute Gasteiger partial charge is 0.219 e. The molecule has 298 valence electrons. The Labute approximate surface area is 308 Å². The van der Waals surface area contributed by atoms with Crippen LogP contribution in [0.3, 0.4) is 0 Å². The first-order valence-corrected chi connectivity index (χ1v) is 21.6. The Morgan fingerprint density at radius 3 is 0.900 bits per heavy atom. The molecule has 0 radical (unpaired) electrons. The topological polar surface area (TPSA) is 139 Å². The molecule has 0 heterocycles. The number of aliphatic hydroxyl groups excluding tert-OH is 4. The average Bonchev–Trinajstić information content (AvgIpc) is 3.10. The van der Waals surface area contributed by atoms with Crippen molar-refractivity contribution in [2.45, 2.75) is 244 Å². The molecule has 0 saturated carbocycles. The monoisotopic (exact) mass is 713 g/mol. The van der Waals surface area contributed by atoms with Crippen molar-refractivity contribution in [3.8, 4) is 0 Å². The highest BCUT2D eigenvalue weighted by Gasteiger charge is 2.16. The normalized spacial score (nSPS) is 14.0. The van der Waals surface area contributed by atoms with Gasteiger partial charge in [-0.15, -0.1) is 0 Å². The molecule has 50 heavy (non-hydrogen) atoms. The standard InChI is InChI=1S/C42H84N2O6/c1-3-5-7-9-13-21-29-37(45)39(47)31-23-15-11-17-25-33-41(49)43-35-27-19-20-28-36-44-42(50)34-26-18-12-16-24-32-40(48)38(46)30-22-14-10-8-6-4-2/h37-40,45-48H,3-36H2,1-2H3,(H,43,49)(H,44,50). The summed E-state index contributed by atoms with van der Waals surface area (Å²) in [7, 11) is 0. The molecular formula is C42H84N2O6. The van der Waals surface area contributed by atoms with E-state index < -0.39 is 24.4 Å². The molecule has 4 unspecified atom stereocenters. The lowest BCUT2D eigenvalue weighted by Gasteiger charge is -2.17.